The molecule has 0 spiro atoms. The van der Waals surface area contributed by atoms with Crippen molar-refractivity contribution in [1.29, 1.82) is 0 Å². The highest BCUT2D eigenvalue weighted by Crippen LogP contribution is 2.37. The summed E-state index contributed by atoms with van der Waals surface area (Å²) < 4.78 is 84.4. The van der Waals surface area contributed by atoms with Crippen molar-refractivity contribution < 1.29 is 40.3 Å². The molecule has 1 aliphatic heterocycles. The maximum absolute atomic E-state index is 13.2. The third kappa shape index (κ3) is 5.72. The molecule has 5 nitrogen and oxygen atoms in total. The number of alkyl halides is 6. The fraction of sp³-hybridized carbons (Fsp3) is 0.280. The highest BCUT2D eigenvalue weighted by atomic mass is 19.4. The van der Waals surface area contributed by atoms with Crippen molar-refractivity contribution in [2.45, 2.75) is 25.2 Å². The van der Waals surface area contributed by atoms with Gasteiger partial charge in [0.1, 0.15) is 5.76 Å². The number of halogens is 6. The van der Waals surface area contributed by atoms with Gasteiger partial charge in [-0.25, -0.2) is 0 Å². The molecule has 1 aromatic heterocycles. The van der Waals surface area contributed by atoms with Crippen LogP contribution in [0.3, 0.4) is 0 Å². The minimum absolute atomic E-state index is 0.0277. The summed E-state index contributed by atoms with van der Waals surface area (Å²) in [7, 11) is 0. The number of carbonyl (C=O) groups excluding carboxylic acids is 2. The molecule has 1 fully saturated rings. The van der Waals surface area contributed by atoms with Crippen molar-refractivity contribution in [3.05, 3.63) is 77.6 Å². The molecule has 3 aromatic rings. The fourth-order valence-electron chi connectivity index (χ4n) is 4.07. The van der Waals surface area contributed by atoms with Gasteiger partial charge in [0.05, 0.1) is 23.3 Å². The normalized spacial score (nSPS) is 16.6. The summed E-state index contributed by atoms with van der Waals surface area (Å²) in [5.74, 6) is -1.50. The summed E-state index contributed by atoms with van der Waals surface area (Å²) in [6, 6.07) is 11.1. The minimum Gasteiger partial charge on any atom is -0.464 e. The summed E-state index contributed by atoms with van der Waals surface area (Å²) >= 11 is 0. The first-order valence-corrected chi connectivity index (χ1v) is 11.0. The molecule has 1 N–H and O–H groups in total. The molecule has 4 rings (SSSR count). The lowest BCUT2D eigenvalue weighted by Crippen LogP contribution is -2.43. The van der Waals surface area contributed by atoms with Crippen LogP contribution < -0.4 is 5.32 Å². The van der Waals surface area contributed by atoms with E-state index in [4.69, 9.17) is 4.42 Å². The zero-order valence-electron chi connectivity index (χ0n) is 18.6. The second-order valence-electron chi connectivity index (χ2n) is 8.43. The third-order valence-electron chi connectivity index (χ3n) is 5.85. The third-order valence-corrected chi connectivity index (χ3v) is 5.85. The molecule has 1 saturated heterocycles. The van der Waals surface area contributed by atoms with Gasteiger partial charge >= 0.3 is 12.4 Å². The summed E-state index contributed by atoms with van der Waals surface area (Å²) in [6.45, 7) is -0.0334. The van der Waals surface area contributed by atoms with Crippen LogP contribution in [0.5, 0.6) is 0 Å². The van der Waals surface area contributed by atoms with E-state index in [1.807, 2.05) is 0 Å². The number of furan rings is 1. The van der Waals surface area contributed by atoms with Gasteiger partial charge in [0.2, 0.25) is 5.91 Å². The van der Waals surface area contributed by atoms with Crippen LogP contribution in [0.2, 0.25) is 0 Å². The van der Waals surface area contributed by atoms with E-state index < -0.39 is 46.8 Å². The highest BCUT2D eigenvalue weighted by molar-refractivity contribution is 5.97. The maximum Gasteiger partial charge on any atom is 0.416 e. The lowest BCUT2D eigenvalue weighted by Gasteiger charge is -2.32. The molecule has 36 heavy (non-hydrogen) atoms. The van der Waals surface area contributed by atoms with Crippen molar-refractivity contribution in [1.82, 2.24) is 4.90 Å². The number of amides is 2. The van der Waals surface area contributed by atoms with Crippen LogP contribution in [0.1, 0.15) is 34.3 Å². The monoisotopic (exact) mass is 510 g/mol. The van der Waals surface area contributed by atoms with Crippen LogP contribution in [-0.4, -0.2) is 29.8 Å². The van der Waals surface area contributed by atoms with E-state index >= 15 is 0 Å². The molecule has 11 heteroatoms. The van der Waals surface area contributed by atoms with Crippen LogP contribution in [0.15, 0.2) is 65.3 Å². The minimum atomic E-state index is -5.06. The number of likely N-dealkylation sites (tertiary alicyclic amines) is 1. The number of nitrogens with one attached hydrogen (secondary N) is 1. The maximum atomic E-state index is 13.2. The Balaban J connectivity index is 1.50. The molecule has 0 bridgehead atoms. The Labute approximate surface area is 201 Å². The van der Waals surface area contributed by atoms with Crippen molar-refractivity contribution in [2.24, 2.45) is 5.92 Å². The van der Waals surface area contributed by atoms with Crippen molar-refractivity contribution in [3.63, 3.8) is 0 Å². The average molecular weight is 510 g/mol. The molecule has 1 atom stereocenters. The number of nitrogens with zero attached hydrogens (tertiary/aromatic N) is 1. The van der Waals surface area contributed by atoms with Crippen LogP contribution in [0.25, 0.3) is 11.3 Å². The quantitative estimate of drug-likeness (QED) is 0.409. The summed E-state index contributed by atoms with van der Waals surface area (Å²) in [4.78, 5) is 26.9. The van der Waals surface area contributed by atoms with Crippen molar-refractivity contribution in [3.8, 4) is 11.3 Å². The molecule has 0 radical (unpaired) electrons. The first-order chi connectivity index (χ1) is 16.9. The Morgan fingerprint density at radius 3 is 2.22 bits per heavy atom. The second-order valence-corrected chi connectivity index (χ2v) is 8.43. The van der Waals surface area contributed by atoms with Gasteiger partial charge in [-0.15, -0.1) is 0 Å². The molecule has 0 aliphatic carbocycles. The molecule has 190 valence electrons. The first-order valence-electron chi connectivity index (χ1n) is 11.0. The van der Waals surface area contributed by atoms with Crippen molar-refractivity contribution in [2.75, 3.05) is 18.4 Å². The average Bonchev–Trinajstić information content (AvgIpc) is 3.38. The van der Waals surface area contributed by atoms with E-state index in [9.17, 15) is 35.9 Å². The van der Waals surface area contributed by atoms with Crippen LogP contribution in [0.4, 0.5) is 32.0 Å². The number of anilines is 1. The lowest BCUT2D eigenvalue weighted by atomic mass is 9.95. The SMILES string of the molecule is O=C(Nc1cccc(-c2ccco2)c1)C1CCCN(C(=O)c2cc(C(F)(F)F)cc(C(F)(F)F)c2)C1. The molecular formula is C25H20F6N2O3. The fourth-order valence-corrected chi connectivity index (χ4v) is 4.07. The van der Waals surface area contributed by atoms with Gasteiger partial charge in [-0.05, 0) is 55.3 Å². The number of hydrogen-bond donors (Lipinski definition) is 1. The second kappa shape index (κ2) is 9.71. The molecule has 0 saturated carbocycles. The molecule has 2 aromatic carbocycles. The largest absolute Gasteiger partial charge is 0.464 e. The van der Waals surface area contributed by atoms with E-state index in [1.54, 1.807) is 36.4 Å². The molecule has 1 aliphatic rings. The Kier molecular flexibility index (Phi) is 6.83. The number of piperidine rings is 1. The predicted octanol–water partition coefficient (Wildman–Crippen LogP) is 6.48. The Morgan fingerprint density at radius 1 is 0.917 bits per heavy atom. The first kappa shape index (κ1) is 25.3. The van der Waals surface area contributed by atoms with Crippen molar-refractivity contribution >= 4 is 17.5 Å². The van der Waals surface area contributed by atoms with Gasteiger partial charge in [-0.3, -0.25) is 9.59 Å². The topological polar surface area (TPSA) is 62.6 Å². The van der Waals surface area contributed by atoms with E-state index in [-0.39, 0.29) is 19.2 Å². The van der Waals surface area contributed by atoms with E-state index in [0.717, 1.165) is 10.5 Å². The van der Waals surface area contributed by atoms with Gasteiger partial charge in [0, 0.05) is 29.9 Å². The smallest absolute Gasteiger partial charge is 0.416 e. The number of carbonyl (C=O) groups is 2. The van der Waals surface area contributed by atoms with E-state index in [0.29, 0.717) is 36.4 Å². The molecular weight excluding hydrogens is 490 g/mol. The summed E-state index contributed by atoms with van der Waals surface area (Å²) in [6.07, 6.45) is -7.85. The molecule has 1 unspecified atom stereocenters. The summed E-state index contributed by atoms with van der Waals surface area (Å²) in [5.41, 5.74) is -2.66. The van der Waals surface area contributed by atoms with E-state index in [1.165, 1.54) is 6.26 Å². The van der Waals surface area contributed by atoms with E-state index in [2.05, 4.69) is 5.32 Å². The predicted molar refractivity (Wildman–Crippen MR) is 118 cm³/mol. The number of rotatable bonds is 4. The molecule has 2 heterocycles. The Bertz CT molecular complexity index is 1220. The van der Waals surface area contributed by atoms with Gasteiger partial charge < -0.3 is 14.6 Å². The molecule has 2 amide bonds. The van der Waals surface area contributed by atoms with Gasteiger partial charge in [0.25, 0.3) is 5.91 Å². The zero-order valence-corrected chi connectivity index (χ0v) is 18.6. The van der Waals surface area contributed by atoms with Crippen LogP contribution >= 0.6 is 0 Å². The van der Waals surface area contributed by atoms with Crippen LogP contribution in [0, 0.1) is 5.92 Å². The highest BCUT2D eigenvalue weighted by Gasteiger charge is 2.38. The standard InChI is InChI=1S/C25H20F6N2O3/c26-24(27,28)18-10-17(11-19(13-18)25(29,30)31)23(35)33-8-2-5-16(14-33)22(34)32-20-6-1-4-15(12-20)21-7-3-9-36-21/h1,3-4,6-7,9-13,16H,2,5,8,14H2,(H,32,34). The summed E-state index contributed by atoms with van der Waals surface area (Å²) in [5, 5.41) is 2.76. The van der Waals surface area contributed by atoms with Gasteiger partial charge in [-0.2, -0.15) is 26.3 Å². The number of benzene rings is 2. The van der Waals surface area contributed by atoms with Gasteiger partial charge in [0.15, 0.2) is 0 Å². The zero-order chi connectivity index (χ0) is 26.1. The number of hydrogen-bond acceptors (Lipinski definition) is 3. The Hall–Kier alpha value is -3.76. The van der Waals surface area contributed by atoms with Crippen LogP contribution in [-0.2, 0) is 17.1 Å². The lowest BCUT2D eigenvalue weighted by molar-refractivity contribution is -0.143. The van der Waals surface area contributed by atoms with Gasteiger partial charge in [-0.1, -0.05) is 12.1 Å². The Morgan fingerprint density at radius 2 is 1.61 bits per heavy atom.